The monoisotopic (exact) mass is 367 g/mol. The van der Waals surface area contributed by atoms with Crippen LogP contribution in [-0.4, -0.2) is 10.9 Å². The summed E-state index contributed by atoms with van der Waals surface area (Å²) in [6.45, 7) is 3.51. The molecule has 0 spiro atoms. The van der Waals surface area contributed by atoms with E-state index in [9.17, 15) is 4.79 Å². The highest BCUT2D eigenvalue weighted by Crippen LogP contribution is 2.27. The molecule has 0 aliphatic rings. The van der Waals surface area contributed by atoms with E-state index in [2.05, 4.69) is 31.5 Å². The van der Waals surface area contributed by atoms with Gasteiger partial charge in [0.1, 0.15) is 5.82 Å². The van der Waals surface area contributed by atoms with Crippen molar-refractivity contribution in [3.8, 4) is 0 Å². The molecule has 1 unspecified atom stereocenters. The first-order valence-electron chi connectivity index (χ1n) is 6.41. The van der Waals surface area contributed by atoms with Gasteiger partial charge in [-0.1, -0.05) is 23.7 Å². The van der Waals surface area contributed by atoms with E-state index >= 15 is 0 Å². The van der Waals surface area contributed by atoms with Gasteiger partial charge >= 0.3 is 0 Å². The third-order valence-corrected chi connectivity index (χ3v) is 3.68. The lowest BCUT2D eigenvalue weighted by atomic mass is 10.1. The maximum atomic E-state index is 11.1. The molecule has 1 aromatic carbocycles. The molecular formula is C15H15BrClN3O. The number of rotatable bonds is 4. The molecular weight excluding hydrogens is 354 g/mol. The van der Waals surface area contributed by atoms with Crippen molar-refractivity contribution >= 4 is 44.9 Å². The van der Waals surface area contributed by atoms with Crippen LogP contribution in [0.3, 0.4) is 0 Å². The van der Waals surface area contributed by atoms with Crippen molar-refractivity contribution in [2.45, 2.75) is 19.9 Å². The summed E-state index contributed by atoms with van der Waals surface area (Å²) in [6, 6.07) is 9.51. The molecule has 2 N–H and O–H groups in total. The summed E-state index contributed by atoms with van der Waals surface area (Å²) in [5.74, 6) is 0.631. The summed E-state index contributed by atoms with van der Waals surface area (Å²) in [5, 5.41) is 6.66. The summed E-state index contributed by atoms with van der Waals surface area (Å²) >= 11 is 9.31. The predicted octanol–water partition coefficient (Wildman–Crippen LogP) is 4.63. The minimum Gasteiger partial charge on any atom is -0.363 e. The molecule has 0 fully saturated rings. The van der Waals surface area contributed by atoms with Crippen LogP contribution in [0.1, 0.15) is 25.5 Å². The lowest BCUT2D eigenvalue weighted by molar-refractivity contribution is -0.114. The molecule has 0 saturated heterocycles. The minimum atomic E-state index is -0.0881. The Bertz CT molecular complexity index is 663. The van der Waals surface area contributed by atoms with Crippen LogP contribution < -0.4 is 10.6 Å². The first-order chi connectivity index (χ1) is 9.95. The van der Waals surface area contributed by atoms with Gasteiger partial charge in [0.2, 0.25) is 5.91 Å². The number of aromatic nitrogens is 1. The van der Waals surface area contributed by atoms with Crippen molar-refractivity contribution in [1.29, 1.82) is 0 Å². The summed E-state index contributed by atoms with van der Waals surface area (Å²) in [5.41, 5.74) is 1.82. The standard InChI is InChI=1S/C15H15BrClN3O/c1-9(19-15-14(16)7-12(17)8-18-15)11-4-3-5-13(6-11)20-10(2)21/h3-9H,1-2H3,(H,18,19)(H,20,21). The molecule has 0 aliphatic carbocycles. The zero-order chi connectivity index (χ0) is 15.4. The third-order valence-electron chi connectivity index (χ3n) is 2.87. The number of nitrogens with one attached hydrogen (secondary N) is 2. The maximum absolute atomic E-state index is 11.1. The van der Waals surface area contributed by atoms with Gasteiger partial charge in [-0.3, -0.25) is 4.79 Å². The third kappa shape index (κ3) is 4.44. The molecule has 0 saturated carbocycles. The Balaban J connectivity index is 2.16. The number of anilines is 2. The Morgan fingerprint density at radius 2 is 2.14 bits per heavy atom. The van der Waals surface area contributed by atoms with Gasteiger partial charge in [-0.05, 0) is 46.6 Å². The van der Waals surface area contributed by atoms with Crippen molar-refractivity contribution in [3.05, 3.63) is 51.6 Å². The Kier molecular flexibility index (Phi) is 5.20. The van der Waals surface area contributed by atoms with Crippen LogP contribution in [0.15, 0.2) is 41.0 Å². The van der Waals surface area contributed by atoms with Crippen LogP contribution in [0.25, 0.3) is 0 Å². The average molecular weight is 369 g/mol. The predicted molar refractivity (Wildman–Crippen MR) is 89.7 cm³/mol. The lowest BCUT2D eigenvalue weighted by Gasteiger charge is -2.17. The molecule has 1 heterocycles. The second-order valence-corrected chi connectivity index (χ2v) is 5.95. The van der Waals surface area contributed by atoms with Crippen molar-refractivity contribution in [2.75, 3.05) is 10.6 Å². The van der Waals surface area contributed by atoms with Crippen molar-refractivity contribution < 1.29 is 4.79 Å². The number of halogens is 2. The lowest BCUT2D eigenvalue weighted by Crippen LogP contribution is -2.10. The smallest absolute Gasteiger partial charge is 0.221 e. The summed E-state index contributed by atoms with van der Waals surface area (Å²) in [6.07, 6.45) is 1.59. The van der Waals surface area contributed by atoms with E-state index in [1.165, 1.54) is 6.92 Å². The second-order valence-electron chi connectivity index (χ2n) is 4.66. The van der Waals surface area contributed by atoms with Crippen LogP contribution in [0.4, 0.5) is 11.5 Å². The molecule has 0 bridgehead atoms. The Morgan fingerprint density at radius 3 is 2.81 bits per heavy atom. The highest BCUT2D eigenvalue weighted by molar-refractivity contribution is 9.10. The number of benzene rings is 1. The highest BCUT2D eigenvalue weighted by Gasteiger charge is 2.10. The number of nitrogens with zero attached hydrogens (tertiary/aromatic N) is 1. The molecule has 4 nitrogen and oxygen atoms in total. The van der Waals surface area contributed by atoms with Crippen LogP contribution in [0.2, 0.25) is 5.02 Å². The molecule has 1 atom stereocenters. The fourth-order valence-corrected chi connectivity index (χ4v) is 2.65. The Labute approximate surface area is 137 Å². The zero-order valence-electron chi connectivity index (χ0n) is 11.7. The molecule has 6 heteroatoms. The topological polar surface area (TPSA) is 54.0 Å². The first kappa shape index (κ1) is 15.8. The van der Waals surface area contributed by atoms with Crippen LogP contribution in [0.5, 0.6) is 0 Å². The quantitative estimate of drug-likeness (QED) is 0.827. The molecule has 110 valence electrons. The minimum absolute atomic E-state index is 0.0312. The van der Waals surface area contributed by atoms with Crippen molar-refractivity contribution in [3.63, 3.8) is 0 Å². The van der Waals surface area contributed by atoms with Gasteiger partial charge < -0.3 is 10.6 Å². The van der Waals surface area contributed by atoms with E-state index in [1.807, 2.05) is 31.2 Å². The zero-order valence-corrected chi connectivity index (χ0v) is 14.0. The van der Waals surface area contributed by atoms with E-state index in [4.69, 9.17) is 11.6 Å². The van der Waals surface area contributed by atoms with E-state index < -0.39 is 0 Å². The molecule has 1 amide bonds. The maximum Gasteiger partial charge on any atom is 0.221 e. The van der Waals surface area contributed by atoms with E-state index in [0.29, 0.717) is 5.02 Å². The SMILES string of the molecule is CC(=O)Nc1cccc(C(C)Nc2ncc(Cl)cc2Br)c1. The van der Waals surface area contributed by atoms with Gasteiger partial charge in [-0.15, -0.1) is 0 Å². The van der Waals surface area contributed by atoms with Gasteiger partial charge in [0, 0.05) is 18.8 Å². The number of carbonyl (C=O) groups excluding carboxylic acids is 1. The number of hydrogen-bond donors (Lipinski definition) is 2. The van der Waals surface area contributed by atoms with Gasteiger partial charge in [-0.25, -0.2) is 4.98 Å². The van der Waals surface area contributed by atoms with E-state index in [-0.39, 0.29) is 11.9 Å². The van der Waals surface area contributed by atoms with Gasteiger partial charge in [0.25, 0.3) is 0 Å². The van der Waals surface area contributed by atoms with Crippen LogP contribution in [-0.2, 0) is 4.79 Å². The number of carbonyl (C=O) groups is 1. The first-order valence-corrected chi connectivity index (χ1v) is 7.58. The normalized spacial score (nSPS) is 11.8. The Morgan fingerprint density at radius 1 is 1.38 bits per heavy atom. The second kappa shape index (κ2) is 6.91. The average Bonchev–Trinajstić information content (AvgIpc) is 2.41. The van der Waals surface area contributed by atoms with E-state index in [1.54, 1.807) is 12.3 Å². The Hall–Kier alpha value is -1.59. The van der Waals surface area contributed by atoms with Gasteiger partial charge in [-0.2, -0.15) is 0 Å². The van der Waals surface area contributed by atoms with Crippen LogP contribution >= 0.6 is 27.5 Å². The molecule has 2 rings (SSSR count). The molecule has 2 aromatic rings. The molecule has 0 radical (unpaired) electrons. The molecule has 0 aliphatic heterocycles. The van der Waals surface area contributed by atoms with Gasteiger partial charge in [0.05, 0.1) is 15.5 Å². The van der Waals surface area contributed by atoms with Crippen molar-refractivity contribution in [1.82, 2.24) is 4.98 Å². The fraction of sp³-hybridized carbons (Fsp3) is 0.200. The fourth-order valence-electron chi connectivity index (χ4n) is 1.90. The molecule has 21 heavy (non-hydrogen) atoms. The summed E-state index contributed by atoms with van der Waals surface area (Å²) in [4.78, 5) is 15.4. The summed E-state index contributed by atoms with van der Waals surface area (Å²) < 4.78 is 0.805. The van der Waals surface area contributed by atoms with E-state index in [0.717, 1.165) is 21.5 Å². The summed E-state index contributed by atoms with van der Waals surface area (Å²) in [7, 11) is 0. The highest BCUT2D eigenvalue weighted by atomic mass is 79.9. The number of hydrogen-bond acceptors (Lipinski definition) is 3. The molecule has 1 aromatic heterocycles. The largest absolute Gasteiger partial charge is 0.363 e. The van der Waals surface area contributed by atoms with Crippen molar-refractivity contribution in [2.24, 2.45) is 0 Å². The number of amides is 1. The number of pyridine rings is 1. The van der Waals surface area contributed by atoms with Crippen LogP contribution in [0, 0.1) is 0 Å². The van der Waals surface area contributed by atoms with Gasteiger partial charge in [0.15, 0.2) is 0 Å².